The summed E-state index contributed by atoms with van der Waals surface area (Å²) in [6.45, 7) is 4.80. The lowest BCUT2D eigenvalue weighted by Crippen LogP contribution is -2.35. The van der Waals surface area contributed by atoms with Gasteiger partial charge in [-0.1, -0.05) is 0 Å². The molecule has 0 aliphatic carbocycles. The highest BCUT2D eigenvalue weighted by molar-refractivity contribution is 6.28. The van der Waals surface area contributed by atoms with Gasteiger partial charge >= 0.3 is 0 Å². The van der Waals surface area contributed by atoms with Crippen LogP contribution in [0.25, 0.3) is 0 Å². The Morgan fingerprint density at radius 2 is 2.28 bits per heavy atom. The summed E-state index contributed by atoms with van der Waals surface area (Å²) in [4.78, 5) is 21.2. The van der Waals surface area contributed by atoms with Gasteiger partial charge in [0.2, 0.25) is 11.2 Å². The molecule has 2 heterocycles. The molecule has 1 aromatic rings. The number of aryl methyl sites for hydroxylation is 1. The van der Waals surface area contributed by atoms with E-state index in [2.05, 4.69) is 15.3 Å². The predicted molar refractivity (Wildman–Crippen MR) is 70.6 cm³/mol. The van der Waals surface area contributed by atoms with Crippen LogP contribution in [0.2, 0.25) is 5.28 Å². The number of rotatable bonds is 2. The van der Waals surface area contributed by atoms with Gasteiger partial charge in [0.05, 0.1) is 11.4 Å². The topological polar surface area (TPSA) is 84.1 Å². The molecule has 0 aromatic carbocycles. The minimum atomic E-state index is -0.0216. The number of hydrogen-bond donors (Lipinski definition) is 2. The molecule has 1 aliphatic rings. The molecule has 98 valence electrons. The van der Waals surface area contributed by atoms with Crippen molar-refractivity contribution in [2.75, 3.05) is 23.7 Å². The summed E-state index contributed by atoms with van der Waals surface area (Å²) in [5, 5.41) is 3.09. The van der Waals surface area contributed by atoms with Crippen LogP contribution in [0.4, 0.5) is 11.5 Å². The molecule has 1 unspecified atom stereocenters. The van der Waals surface area contributed by atoms with Crippen LogP contribution in [0.3, 0.4) is 0 Å². The van der Waals surface area contributed by atoms with Crippen LogP contribution in [0.1, 0.15) is 19.0 Å². The Balaban J connectivity index is 2.16. The summed E-state index contributed by atoms with van der Waals surface area (Å²) < 4.78 is 0. The lowest BCUT2D eigenvalue weighted by atomic mass is 10.2. The maximum Gasteiger partial charge on any atom is 0.224 e. The van der Waals surface area contributed by atoms with Gasteiger partial charge in [0.25, 0.3) is 0 Å². The summed E-state index contributed by atoms with van der Waals surface area (Å²) >= 11 is 5.85. The lowest BCUT2D eigenvalue weighted by molar-refractivity contribution is -0.119. The van der Waals surface area contributed by atoms with Gasteiger partial charge in [-0.3, -0.25) is 4.79 Å². The fraction of sp³-hybridized carbons (Fsp3) is 0.545. The molecular formula is C11H16ClN5O. The first-order valence-corrected chi connectivity index (χ1v) is 6.17. The summed E-state index contributed by atoms with van der Waals surface area (Å²) in [5.41, 5.74) is 7.18. The molecule has 1 saturated heterocycles. The van der Waals surface area contributed by atoms with Gasteiger partial charge in [0.1, 0.15) is 0 Å². The van der Waals surface area contributed by atoms with Gasteiger partial charge < -0.3 is 16.0 Å². The molecule has 1 aliphatic heterocycles. The van der Waals surface area contributed by atoms with E-state index in [4.69, 9.17) is 17.3 Å². The second-order valence-corrected chi connectivity index (χ2v) is 4.79. The van der Waals surface area contributed by atoms with Gasteiger partial charge in [-0.2, -0.15) is 4.98 Å². The lowest BCUT2D eigenvalue weighted by Gasteiger charge is -2.20. The minimum Gasteiger partial charge on any atom is -0.394 e. The smallest absolute Gasteiger partial charge is 0.224 e. The summed E-state index contributed by atoms with van der Waals surface area (Å²) in [7, 11) is 0. The third-order valence-corrected chi connectivity index (χ3v) is 3.15. The third kappa shape index (κ3) is 2.64. The highest BCUT2D eigenvalue weighted by Gasteiger charge is 2.26. The highest BCUT2D eigenvalue weighted by Crippen LogP contribution is 2.27. The van der Waals surface area contributed by atoms with Gasteiger partial charge in [-0.05, 0) is 24.9 Å². The van der Waals surface area contributed by atoms with E-state index in [9.17, 15) is 4.79 Å². The van der Waals surface area contributed by atoms with E-state index in [1.54, 1.807) is 6.92 Å². The minimum absolute atomic E-state index is 0.0216. The van der Waals surface area contributed by atoms with Crippen molar-refractivity contribution >= 4 is 29.0 Å². The fourth-order valence-electron chi connectivity index (χ4n) is 2.13. The zero-order valence-electron chi connectivity index (χ0n) is 10.4. The normalized spacial score (nSPS) is 19.1. The number of aromatic nitrogens is 2. The number of hydrogen-bond acceptors (Lipinski definition) is 5. The maximum absolute atomic E-state index is 11.0. The molecule has 3 N–H and O–H groups in total. The number of halogens is 1. The quantitative estimate of drug-likeness (QED) is 0.774. The first-order chi connectivity index (χ1) is 8.47. The molecule has 7 heteroatoms. The van der Waals surface area contributed by atoms with Crippen molar-refractivity contribution in [3.63, 3.8) is 0 Å². The number of carbonyl (C=O) groups excluding carboxylic acids is 1. The van der Waals surface area contributed by atoms with Crippen molar-refractivity contribution in [2.45, 2.75) is 26.3 Å². The fourth-order valence-corrected chi connectivity index (χ4v) is 2.34. The molecule has 0 spiro atoms. The summed E-state index contributed by atoms with van der Waals surface area (Å²) in [6.07, 6.45) is 0.875. The van der Waals surface area contributed by atoms with Crippen LogP contribution >= 0.6 is 11.6 Å². The monoisotopic (exact) mass is 269 g/mol. The number of nitrogens with zero attached hydrogens (tertiary/aromatic N) is 3. The zero-order valence-corrected chi connectivity index (χ0v) is 11.2. The number of nitrogen functional groups attached to an aromatic ring is 1. The molecule has 1 atom stereocenters. The van der Waals surface area contributed by atoms with Gasteiger partial charge in [-0.25, -0.2) is 4.98 Å². The number of nitrogens with one attached hydrogen (secondary N) is 1. The Bertz CT molecular complexity index is 479. The number of amides is 1. The van der Waals surface area contributed by atoms with Crippen molar-refractivity contribution in [3.05, 3.63) is 11.0 Å². The van der Waals surface area contributed by atoms with Gasteiger partial charge in [0.15, 0.2) is 5.82 Å². The van der Waals surface area contributed by atoms with E-state index in [0.717, 1.165) is 13.0 Å². The molecule has 0 saturated carbocycles. The van der Waals surface area contributed by atoms with E-state index < -0.39 is 0 Å². The number of nitrogens with two attached hydrogens (primary N) is 1. The van der Waals surface area contributed by atoms with E-state index in [1.165, 1.54) is 6.92 Å². The third-order valence-electron chi connectivity index (χ3n) is 2.98. The summed E-state index contributed by atoms with van der Waals surface area (Å²) in [6, 6.07) is 0.135. The SMILES string of the molecule is CC(=O)NC1CCN(c2nc(Cl)nc(C)c2N)C1. The van der Waals surface area contributed by atoms with Crippen molar-refractivity contribution in [1.29, 1.82) is 0 Å². The molecule has 2 rings (SSSR count). The van der Waals surface area contributed by atoms with Crippen molar-refractivity contribution in [2.24, 2.45) is 0 Å². The van der Waals surface area contributed by atoms with Crippen LogP contribution in [0.15, 0.2) is 0 Å². The highest BCUT2D eigenvalue weighted by atomic mass is 35.5. The molecule has 1 amide bonds. The Morgan fingerprint density at radius 3 is 2.94 bits per heavy atom. The Hall–Kier alpha value is -1.56. The van der Waals surface area contributed by atoms with Gasteiger partial charge in [0, 0.05) is 26.1 Å². The Labute approximate surface area is 111 Å². The van der Waals surface area contributed by atoms with Crippen LogP contribution in [-0.2, 0) is 4.79 Å². The van der Waals surface area contributed by atoms with E-state index in [-0.39, 0.29) is 17.2 Å². The van der Waals surface area contributed by atoms with Crippen LogP contribution in [0, 0.1) is 6.92 Å². The average Bonchev–Trinajstić information content (AvgIpc) is 2.70. The number of anilines is 2. The zero-order chi connectivity index (χ0) is 13.3. The van der Waals surface area contributed by atoms with Gasteiger partial charge in [-0.15, -0.1) is 0 Å². The molecular weight excluding hydrogens is 254 g/mol. The molecule has 0 radical (unpaired) electrons. The second kappa shape index (κ2) is 4.97. The average molecular weight is 270 g/mol. The molecule has 6 nitrogen and oxygen atoms in total. The molecule has 0 bridgehead atoms. The summed E-state index contributed by atoms with van der Waals surface area (Å²) in [5.74, 6) is 0.632. The predicted octanol–water partition coefficient (Wildman–Crippen LogP) is 0.735. The van der Waals surface area contributed by atoms with E-state index in [1.807, 2.05) is 4.90 Å². The van der Waals surface area contributed by atoms with Crippen LogP contribution in [-0.4, -0.2) is 35.0 Å². The van der Waals surface area contributed by atoms with Crippen molar-refractivity contribution in [3.8, 4) is 0 Å². The first-order valence-electron chi connectivity index (χ1n) is 5.79. The Morgan fingerprint density at radius 1 is 1.56 bits per heavy atom. The number of carbonyl (C=O) groups is 1. The largest absolute Gasteiger partial charge is 0.394 e. The maximum atomic E-state index is 11.0. The van der Waals surface area contributed by atoms with Crippen molar-refractivity contribution < 1.29 is 4.79 Å². The molecule has 1 fully saturated rings. The molecule has 18 heavy (non-hydrogen) atoms. The Kier molecular flexibility index (Phi) is 3.56. The first kappa shape index (κ1) is 12.9. The van der Waals surface area contributed by atoms with Crippen LogP contribution < -0.4 is 16.0 Å². The van der Waals surface area contributed by atoms with E-state index in [0.29, 0.717) is 23.7 Å². The second-order valence-electron chi connectivity index (χ2n) is 4.45. The van der Waals surface area contributed by atoms with Crippen LogP contribution in [0.5, 0.6) is 0 Å². The molecule has 1 aromatic heterocycles. The van der Waals surface area contributed by atoms with Crippen molar-refractivity contribution in [1.82, 2.24) is 15.3 Å². The van der Waals surface area contributed by atoms with E-state index >= 15 is 0 Å². The standard InChI is InChI=1S/C11H16ClN5O/c1-6-9(13)10(16-11(12)14-6)17-4-3-8(5-17)15-7(2)18/h8H,3-5,13H2,1-2H3,(H,15,18).